The van der Waals surface area contributed by atoms with Crippen molar-refractivity contribution in [1.82, 2.24) is 10.6 Å². The number of cyclic esters (lactones) is 1. The first-order chi connectivity index (χ1) is 27.5. The standard InChI is InChI=1S/C21H29N5O6.C17H14O4S.C2H4O2/c1-3-4-9-31-21(29)25-17(20(28)30-2)12-24-18(27)11-15-10-16(26-32-15)13-5-7-14(8-6-13)19(22)23;1-22(19,20)14-9-7-12(8-10-14)15-11-21-17(18)16(15)13-5-3-2-4-6-13;1-2(3)4/h5-8,15,17H,3-4,9-12H2,1-2H3,(H3,22,23)(H,24,27)(H,25,29);2-10H,11H2,1H3;1H3,(H,3,4)/t15-,17+;;/m1../s1. The van der Waals surface area contributed by atoms with E-state index < -0.39 is 40.0 Å². The van der Waals surface area contributed by atoms with E-state index in [0.29, 0.717) is 29.7 Å². The van der Waals surface area contributed by atoms with E-state index in [1.807, 2.05) is 37.3 Å². The third-order valence-corrected chi connectivity index (χ3v) is 9.36. The second-order valence-corrected chi connectivity index (χ2v) is 14.8. The molecule has 0 aliphatic carbocycles. The quantitative estimate of drug-likeness (QED) is 0.0512. The van der Waals surface area contributed by atoms with E-state index in [4.69, 9.17) is 35.4 Å². The van der Waals surface area contributed by atoms with Crippen molar-refractivity contribution in [1.29, 1.82) is 5.41 Å². The molecule has 2 amide bonds. The largest absolute Gasteiger partial charge is 0.481 e. The fourth-order valence-corrected chi connectivity index (χ4v) is 5.94. The van der Waals surface area contributed by atoms with Gasteiger partial charge in [0, 0.05) is 37.3 Å². The van der Waals surface area contributed by atoms with Crippen LogP contribution >= 0.6 is 0 Å². The Balaban J connectivity index is 0.000000299. The zero-order valence-electron chi connectivity index (χ0n) is 32.5. The van der Waals surface area contributed by atoms with Crippen molar-refractivity contribution in [2.75, 3.05) is 33.1 Å². The van der Waals surface area contributed by atoms with Crippen LogP contribution in [0.2, 0.25) is 0 Å². The number of carbonyl (C=O) groups excluding carboxylic acids is 4. The number of nitrogens with zero attached hydrogens (tertiary/aromatic N) is 1. The molecule has 0 spiro atoms. The van der Waals surface area contributed by atoms with Crippen molar-refractivity contribution >= 4 is 62.4 Å². The number of sulfone groups is 1. The maximum absolute atomic E-state index is 12.3. The number of benzene rings is 3. The van der Waals surface area contributed by atoms with Crippen LogP contribution in [0.5, 0.6) is 0 Å². The smallest absolute Gasteiger partial charge is 0.407 e. The highest BCUT2D eigenvalue weighted by molar-refractivity contribution is 7.90. The Hall–Kier alpha value is -6.56. The number of aliphatic carboxylic acids is 1. The molecule has 5 rings (SSSR count). The van der Waals surface area contributed by atoms with Crippen molar-refractivity contribution in [3.05, 3.63) is 101 Å². The Kier molecular flexibility index (Phi) is 17.6. The molecular weight excluding hydrogens is 775 g/mol. The van der Waals surface area contributed by atoms with Gasteiger partial charge in [0.2, 0.25) is 5.91 Å². The summed E-state index contributed by atoms with van der Waals surface area (Å²) in [6.45, 7) is 3.32. The number of carboxylic acids is 1. The number of esters is 2. The monoisotopic (exact) mass is 821 g/mol. The molecule has 18 heteroatoms. The second-order valence-electron chi connectivity index (χ2n) is 12.8. The van der Waals surface area contributed by atoms with Crippen LogP contribution in [0.25, 0.3) is 11.1 Å². The fourth-order valence-electron chi connectivity index (χ4n) is 5.31. The zero-order valence-corrected chi connectivity index (χ0v) is 33.3. The van der Waals surface area contributed by atoms with Crippen LogP contribution in [0.15, 0.2) is 88.9 Å². The number of hydrogen-bond acceptors (Lipinski definition) is 13. The van der Waals surface area contributed by atoms with Crippen LogP contribution in [-0.4, -0.2) is 100 Å². The fraction of sp³-hybridized carbons (Fsp3) is 0.325. The minimum Gasteiger partial charge on any atom is -0.481 e. The molecule has 0 fully saturated rings. The van der Waals surface area contributed by atoms with Crippen molar-refractivity contribution in [2.24, 2.45) is 10.9 Å². The van der Waals surface area contributed by atoms with Gasteiger partial charge < -0.3 is 40.5 Å². The van der Waals surface area contributed by atoms with Crippen LogP contribution in [0.4, 0.5) is 4.79 Å². The molecule has 2 aliphatic heterocycles. The predicted octanol–water partition coefficient (Wildman–Crippen LogP) is 3.69. The topological polar surface area (TPSA) is 263 Å². The summed E-state index contributed by atoms with van der Waals surface area (Å²) >= 11 is 0. The molecule has 17 nitrogen and oxygen atoms in total. The molecule has 0 saturated heterocycles. The normalized spacial score (nSPS) is 14.8. The number of amides is 2. The average Bonchev–Trinajstić information content (AvgIpc) is 3.82. The third-order valence-electron chi connectivity index (χ3n) is 8.23. The molecule has 0 saturated carbocycles. The summed E-state index contributed by atoms with van der Waals surface area (Å²) in [6, 6.07) is 21.7. The molecule has 3 aromatic rings. The number of unbranched alkanes of at least 4 members (excludes halogenated alkanes) is 1. The number of hydrogen-bond donors (Lipinski definition) is 5. The first-order valence-electron chi connectivity index (χ1n) is 17.9. The van der Waals surface area contributed by atoms with Gasteiger partial charge in [0.1, 0.15) is 24.6 Å². The number of ether oxygens (including phenoxy) is 3. The van der Waals surface area contributed by atoms with Crippen LogP contribution in [0, 0.1) is 5.41 Å². The molecule has 6 N–H and O–H groups in total. The van der Waals surface area contributed by atoms with Crippen molar-refractivity contribution in [2.45, 2.75) is 56.6 Å². The lowest BCUT2D eigenvalue weighted by molar-refractivity contribution is -0.143. The number of carbonyl (C=O) groups is 5. The lowest BCUT2D eigenvalue weighted by Gasteiger charge is -2.17. The Morgan fingerprint density at radius 3 is 2.19 bits per heavy atom. The highest BCUT2D eigenvalue weighted by atomic mass is 32.2. The molecule has 2 heterocycles. The van der Waals surface area contributed by atoms with Gasteiger partial charge in [-0.1, -0.05) is 85.2 Å². The van der Waals surface area contributed by atoms with Gasteiger partial charge in [0.25, 0.3) is 5.97 Å². The Morgan fingerprint density at radius 1 is 1.00 bits per heavy atom. The number of oxime groups is 1. The summed E-state index contributed by atoms with van der Waals surface area (Å²) in [6.07, 6.45) is 1.97. The highest BCUT2D eigenvalue weighted by Gasteiger charge is 2.28. The Morgan fingerprint density at radius 2 is 1.62 bits per heavy atom. The van der Waals surface area contributed by atoms with Gasteiger partial charge in [0.15, 0.2) is 9.84 Å². The molecule has 0 bridgehead atoms. The van der Waals surface area contributed by atoms with E-state index >= 15 is 0 Å². The maximum Gasteiger partial charge on any atom is 0.407 e. The number of nitrogens with two attached hydrogens (primary N) is 1. The lowest BCUT2D eigenvalue weighted by atomic mass is 9.97. The molecule has 0 aromatic heterocycles. The molecule has 2 atom stereocenters. The summed E-state index contributed by atoms with van der Waals surface area (Å²) in [5, 5.41) is 23.9. The molecule has 3 aromatic carbocycles. The van der Waals surface area contributed by atoms with E-state index in [1.54, 1.807) is 48.5 Å². The summed E-state index contributed by atoms with van der Waals surface area (Å²) in [5.41, 5.74) is 10.4. The summed E-state index contributed by atoms with van der Waals surface area (Å²) in [7, 11) is -2.04. The molecular formula is C40H47N5O12S. The molecule has 2 aliphatic rings. The molecule has 0 unspecified atom stereocenters. The first kappa shape index (κ1) is 45.8. The van der Waals surface area contributed by atoms with Gasteiger partial charge in [0.05, 0.1) is 36.3 Å². The van der Waals surface area contributed by atoms with Crippen LogP contribution < -0.4 is 16.4 Å². The summed E-state index contributed by atoms with van der Waals surface area (Å²) in [5.74, 6) is -2.28. The maximum atomic E-state index is 12.3. The van der Waals surface area contributed by atoms with Crippen molar-refractivity contribution < 1.29 is 56.5 Å². The second kappa shape index (κ2) is 22.2. The van der Waals surface area contributed by atoms with Gasteiger partial charge in [-0.15, -0.1) is 0 Å². The van der Waals surface area contributed by atoms with Crippen LogP contribution in [0.1, 0.15) is 61.8 Å². The van der Waals surface area contributed by atoms with E-state index in [0.717, 1.165) is 35.6 Å². The molecule has 310 valence electrons. The van der Waals surface area contributed by atoms with E-state index in [2.05, 4.69) is 20.5 Å². The van der Waals surface area contributed by atoms with Gasteiger partial charge in [-0.25, -0.2) is 22.8 Å². The number of amidine groups is 1. The van der Waals surface area contributed by atoms with Gasteiger partial charge in [-0.2, -0.15) is 0 Å². The van der Waals surface area contributed by atoms with Gasteiger partial charge in [-0.3, -0.25) is 15.0 Å². The minimum absolute atomic E-state index is 0.0212. The van der Waals surface area contributed by atoms with Crippen LogP contribution in [0.3, 0.4) is 0 Å². The van der Waals surface area contributed by atoms with Gasteiger partial charge >= 0.3 is 18.0 Å². The Bertz CT molecular complexity index is 2100. The number of alkyl carbamates (subject to hydrolysis) is 1. The van der Waals surface area contributed by atoms with E-state index in [-0.39, 0.29) is 48.8 Å². The lowest BCUT2D eigenvalue weighted by Crippen LogP contribution is -2.49. The van der Waals surface area contributed by atoms with Crippen molar-refractivity contribution in [3.8, 4) is 0 Å². The number of carboxylic acid groups (broad SMARTS) is 1. The summed E-state index contributed by atoms with van der Waals surface area (Å²) in [4.78, 5) is 62.6. The Labute approximate surface area is 336 Å². The molecule has 0 radical (unpaired) electrons. The number of nitrogen functional groups attached to an aromatic ring is 1. The highest BCUT2D eigenvalue weighted by Crippen LogP contribution is 2.33. The average molecular weight is 822 g/mol. The number of rotatable bonds is 14. The third kappa shape index (κ3) is 14.5. The molecule has 58 heavy (non-hydrogen) atoms. The number of nitrogens with one attached hydrogen (secondary N) is 3. The van der Waals surface area contributed by atoms with E-state index in [1.165, 1.54) is 13.4 Å². The number of methoxy groups -OCH3 is 1. The SMILES string of the molecule is CC(=O)O.CCCCOC(=O)N[C@@H](CNC(=O)C[C@H]1CC(c2ccc(C(=N)N)cc2)=NO1)C(=O)OC.CS(=O)(=O)c1ccc(C2=C(c3ccccc3)C(=O)OC2)cc1. The predicted molar refractivity (Wildman–Crippen MR) is 213 cm³/mol. The zero-order chi connectivity index (χ0) is 42.8. The first-order valence-corrected chi connectivity index (χ1v) is 19.8. The van der Waals surface area contributed by atoms with Crippen molar-refractivity contribution in [3.63, 3.8) is 0 Å². The van der Waals surface area contributed by atoms with Gasteiger partial charge in [-0.05, 0) is 35.2 Å². The summed E-state index contributed by atoms with van der Waals surface area (Å²) < 4.78 is 37.8. The van der Waals surface area contributed by atoms with Crippen LogP contribution in [-0.2, 0) is 48.1 Å². The van der Waals surface area contributed by atoms with E-state index in [9.17, 15) is 27.6 Å². The minimum atomic E-state index is -3.23.